The molecule has 0 spiro atoms. The van der Waals surface area contributed by atoms with Crippen molar-refractivity contribution in [3.8, 4) is 0 Å². The van der Waals surface area contributed by atoms with Crippen LogP contribution in [0, 0.1) is 11.8 Å². The molecule has 0 bridgehead atoms. The summed E-state index contributed by atoms with van der Waals surface area (Å²) in [6, 6.07) is 0.662. The van der Waals surface area contributed by atoms with Crippen molar-refractivity contribution in [2.24, 2.45) is 16.8 Å². The molecule has 2 aliphatic heterocycles. The minimum Gasteiger partial charge on any atom is -0.384 e. The summed E-state index contributed by atoms with van der Waals surface area (Å²) >= 11 is 0. The highest BCUT2D eigenvalue weighted by molar-refractivity contribution is 5.80. The molecule has 0 aliphatic carbocycles. The molecule has 5 nitrogen and oxygen atoms in total. The van der Waals surface area contributed by atoms with Crippen molar-refractivity contribution in [2.45, 2.75) is 39.2 Å². The van der Waals surface area contributed by atoms with Crippen molar-refractivity contribution in [1.29, 1.82) is 0 Å². The second kappa shape index (κ2) is 8.73. The van der Waals surface area contributed by atoms with Crippen LogP contribution in [0.25, 0.3) is 0 Å². The van der Waals surface area contributed by atoms with E-state index in [4.69, 9.17) is 4.74 Å². The minimum atomic E-state index is 0.648. The first-order valence-corrected chi connectivity index (χ1v) is 8.82. The quantitative estimate of drug-likeness (QED) is 0.619. The second-order valence-electron chi connectivity index (χ2n) is 7.08. The van der Waals surface area contributed by atoms with E-state index in [9.17, 15) is 0 Å². The highest BCUT2D eigenvalue weighted by Crippen LogP contribution is 2.19. The number of ether oxygens (including phenoxy) is 1. The maximum absolute atomic E-state index is 5.28. The van der Waals surface area contributed by atoms with Gasteiger partial charge in [0.15, 0.2) is 5.96 Å². The number of aliphatic imine (C=N–C) groups is 1. The lowest BCUT2D eigenvalue weighted by Gasteiger charge is -2.36. The first-order valence-electron chi connectivity index (χ1n) is 8.82. The first kappa shape index (κ1) is 17.5. The average molecular weight is 310 g/mol. The number of nitrogens with zero attached hydrogens (tertiary/aromatic N) is 3. The summed E-state index contributed by atoms with van der Waals surface area (Å²) in [7, 11) is 3.69. The fourth-order valence-corrected chi connectivity index (χ4v) is 3.70. The predicted octanol–water partition coefficient (Wildman–Crippen LogP) is 1.65. The lowest BCUT2D eigenvalue weighted by Crippen LogP contribution is -2.46. The maximum atomic E-state index is 5.28. The van der Waals surface area contributed by atoms with Crippen LogP contribution in [0.1, 0.15) is 33.1 Å². The maximum Gasteiger partial charge on any atom is 0.193 e. The summed E-state index contributed by atoms with van der Waals surface area (Å²) in [6.45, 7) is 11.1. The van der Waals surface area contributed by atoms with Crippen molar-refractivity contribution in [3.05, 3.63) is 0 Å². The van der Waals surface area contributed by atoms with E-state index in [0.717, 1.165) is 38.1 Å². The van der Waals surface area contributed by atoms with Crippen LogP contribution in [0.15, 0.2) is 4.99 Å². The third-order valence-electron chi connectivity index (χ3n) is 5.03. The molecule has 2 rings (SSSR count). The van der Waals surface area contributed by atoms with E-state index in [1.54, 1.807) is 7.11 Å². The van der Waals surface area contributed by atoms with Gasteiger partial charge in [0.25, 0.3) is 0 Å². The predicted molar refractivity (Wildman–Crippen MR) is 92.4 cm³/mol. The molecule has 2 fully saturated rings. The van der Waals surface area contributed by atoms with Crippen LogP contribution in [0.4, 0.5) is 0 Å². The molecule has 2 saturated heterocycles. The van der Waals surface area contributed by atoms with E-state index < -0.39 is 0 Å². The van der Waals surface area contributed by atoms with Gasteiger partial charge in [-0.05, 0) is 45.6 Å². The van der Waals surface area contributed by atoms with E-state index in [1.807, 2.05) is 7.05 Å². The Hall–Kier alpha value is -0.810. The first-order chi connectivity index (χ1) is 10.6. The van der Waals surface area contributed by atoms with Crippen LogP contribution in [0.2, 0.25) is 0 Å². The summed E-state index contributed by atoms with van der Waals surface area (Å²) in [5, 5.41) is 3.61. The van der Waals surface area contributed by atoms with Crippen LogP contribution >= 0.6 is 0 Å². The summed E-state index contributed by atoms with van der Waals surface area (Å²) in [6.07, 6.45) is 3.86. The van der Waals surface area contributed by atoms with E-state index in [2.05, 4.69) is 34.0 Å². The van der Waals surface area contributed by atoms with Crippen LogP contribution in [-0.4, -0.2) is 75.3 Å². The topological polar surface area (TPSA) is 40.1 Å². The molecule has 0 aromatic heterocycles. The molecule has 1 N–H and O–H groups in total. The third-order valence-corrected chi connectivity index (χ3v) is 5.03. The number of piperidine rings is 1. The Kier molecular flexibility index (Phi) is 6.96. The zero-order valence-electron chi connectivity index (χ0n) is 14.8. The number of rotatable bonds is 5. The summed E-state index contributed by atoms with van der Waals surface area (Å²) < 4.78 is 5.28. The van der Waals surface area contributed by atoms with Gasteiger partial charge in [-0.2, -0.15) is 0 Å². The average Bonchev–Trinajstić information content (AvgIpc) is 2.97. The molecule has 0 aromatic carbocycles. The van der Waals surface area contributed by atoms with Crippen molar-refractivity contribution < 1.29 is 4.74 Å². The normalized spacial score (nSPS) is 27.7. The molecular formula is C17H34N4O. The number of hydrogen-bond donors (Lipinski definition) is 1. The molecule has 128 valence electrons. The number of nitrogens with one attached hydrogen (secondary N) is 1. The van der Waals surface area contributed by atoms with Gasteiger partial charge in [0, 0.05) is 52.3 Å². The smallest absolute Gasteiger partial charge is 0.193 e. The zero-order chi connectivity index (χ0) is 15.9. The van der Waals surface area contributed by atoms with Gasteiger partial charge >= 0.3 is 0 Å². The van der Waals surface area contributed by atoms with Crippen molar-refractivity contribution >= 4 is 5.96 Å². The summed E-state index contributed by atoms with van der Waals surface area (Å²) in [4.78, 5) is 9.46. The molecular weight excluding hydrogens is 276 g/mol. The van der Waals surface area contributed by atoms with E-state index in [1.165, 1.54) is 32.4 Å². The Morgan fingerprint density at radius 3 is 2.73 bits per heavy atom. The second-order valence-corrected chi connectivity index (χ2v) is 7.08. The molecule has 2 heterocycles. The monoisotopic (exact) mass is 310 g/mol. The van der Waals surface area contributed by atoms with E-state index in [0.29, 0.717) is 12.0 Å². The zero-order valence-corrected chi connectivity index (χ0v) is 14.8. The van der Waals surface area contributed by atoms with Crippen LogP contribution in [0.3, 0.4) is 0 Å². The highest BCUT2D eigenvalue weighted by Gasteiger charge is 2.26. The fourth-order valence-electron chi connectivity index (χ4n) is 3.70. The minimum absolute atomic E-state index is 0.648. The third kappa shape index (κ3) is 4.85. The van der Waals surface area contributed by atoms with Gasteiger partial charge in [0.05, 0.1) is 6.61 Å². The molecule has 0 amide bonds. The van der Waals surface area contributed by atoms with Gasteiger partial charge in [-0.15, -0.1) is 0 Å². The van der Waals surface area contributed by atoms with Gasteiger partial charge in [0.2, 0.25) is 0 Å². The van der Waals surface area contributed by atoms with E-state index in [-0.39, 0.29) is 0 Å². The fraction of sp³-hybridized carbons (Fsp3) is 0.941. The molecule has 22 heavy (non-hydrogen) atoms. The van der Waals surface area contributed by atoms with Gasteiger partial charge in [-0.3, -0.25) is 4.99 Å². The molecule has 2 unspecified atom stereocenters. The van der Waals surface area contributed by atoms with Crippen LogP contribution in [-0.2, 0) is 4.74 Å². The van der Waals surface area contributed by atoms with Gasteiger partial charge in [-0.25, -0.2) is 0 Å². The Balaban J connectivity index is 1.77. The number of likely N-dealkylation sites (tertiary alicyclic amines) is 2. The number of methoxy groups -OCH3 is 1. The Morgan fingerprint density at radius 2 is 2.05 bits per heavy atom. The standard InChI is InChI=1S/C17H34N4O/c1-14(2)20-8-5-6-15(11-20)10-19-17(18-3)21-9-7-16(12-21)13-22-4/h14-16H,5-13H2,1-4H3,(H,18,19). The Bertz CT molecular complexity index is 359. The SMILES string of the molecule is CN=C(NCC1CCCN(C(C)C)C1)N1CCC(COC)C1. The van der Waals surface area contributed by atoms with Gasteiger partial charge < -0.3 is 19.9 Å². The van der Waals surface area contributed by atoms with Crippen molar-refractivity contribution in [2.75, 3.05) is 53.5 Å². The largest absolute Gasteiger partial charge is 0.384 e. The molecule has 0 aromatic rings. The van der Waals surface area contributed by atoms with Gasteiger partial charge in [0.1, 0.15) is 0 Å². The molecule has 0 radical (unpaired) electrons. The Labute approximate surface area is 136 Å². The Morgan fingerprint density at radius 1 is 1.23 bits per heavy atom. The molecule has 5 heteroatoms. The number of guanidine groups is 1. The van der Waals surface area contributed by atoms with Crippen LogP contribution in [0.5, 0.6) is 0 Å². The molecule has 2 aliphatic rings. The summed E-state index contributed by atoms with van der Waals surface area (Å²) in [5.74, 6) is 2.46. The molecule has 2 atom stereocenters. The lowest BCUT2D eigenvalue weighted by molar-refractivity contribution is 0.140. The van der Waals surface area contributed by atoms with Crippen molar-refractivity contribution in [1.82, 2.24) is 15.1 Å². The van der Waals surface area contributed by atoms with E-state index >= 15 is 0 Å². The van der Waals surface area contributed by atoms with Crippen LogP contribution < -0.4 is 5.32 Å². The summed E-state index contributed by atoms with van der Waals surface area (Å²) in [5.41, 5.74) is 0. The molecule has 0 saturated carbocycles. The number of hydrogen-bond acceptors (Lipinski definition) is 3. The highest BCUT2D eigenvalue weighted by atomic mass is 16.5. The van der Waals surface area contributed by atoms with Gasteiger partial charge in [-0.1, -0.05) is 0 Å². The lowest BCUT2D eigenvalue weighted by atomic mass is 9.97. The van der Waals surface area contributed by atoms with Crippen molar-refractivity contribution in [3.63, 3.8) is 0 Å².